The van der Waals surface area contributed by atoms with Crippen LogP contribution >= 0.6 is 0 Å². The normalized spacial score (nSPS) is 12.3. The van der Waals surface area contributed by atoms with E-state index in [0.717, 1.165) is 25.7 Å². The summed E-state index contributed by atoms with van der Waals surface area (Å²) >= 11 is 0. The Kier molecular flexibility index (Phi) is 15.3. The van der Waals surface area contributed by atoms with Crippen LogP contribution in [0.5, 0.6) is 0 Å². The second-order valence-corrected chi connectivity index (χ2v) is 8.06. The first-order chi connectivity index (χ1) is 14.6. The quantitative estimate of drug-likeness (QED) is 0.202. The lowest BCUT2D eigenvalue weighted by Crippen LogP contribution is -2.42. The lowest BCUT2D eigenvalue weighted by Gasteiger charge is -2.13. The molecule has 0 aliphatic rings. The zero-order valence-electron chi connectivity index (χ0n) is 18.7. The number of unbranched alkanes of at least 4 members (excludes halogenated alkanes) is 11. The molecule has 0 fully saturated rings. The molecule has 0 aliphatic heterocycles. The van der Waals surface area contributed by atoms with Crippen LogP contribution in [-0.2, 0) is 16.0 Å². The lowest BCUT2D eigenvalue weighted by molar-refractivity contribution is -0.141. The maximum absolute atomic E-state index is 12.0. The SMILES string of the molecule is CCCCCCCC/C=C\CCCCCCCC(=O)NC(Cc1c[nH]cn1)C(=O)O. The largest absolute Gasteiger partial charge is 0.480 e. The van der Waals surface area contributed by atoms with E-state index in [0.29, 0.717) is 12.1 Å². The molecule has 0 bridgehead atoms. The Morgan fingerprint density at radius 3 is 2.17 bits per heavy atom. The van der Waals surface area contributed by atoms with E-state index in [2.05, 4.69) is 34.4 Å². The van der Waals surface area contributed by atoms with E-state index in [4.69, 9.17) is 0 Å². The molecule has 0 saturated heterocycles. The van der Waals surface area contributed by atoms with Crippen molar-refractivity contribution in [3.63, 3.8) is 0 Å². The van der Waals surface area contributed by atoms with Gasteiger partial charge in [0.2, 0.25) is 5.91 Å². The number of aliphatic carboxylic acids is 1. The molecule has 170 valence electrons. The Balaban J connectivity index is 1.96. The topological polar surface area (TPSA) is 95.1 Å². The fourth-order valence-corrected chi connectivity index (χ4v) is 3.43. The number of H-pyrrole nitrogens is 1. The Bertz CT molecular complexity index is 585. The minimum absolute atomic E-state index is 0.191. The van der Waals surface area contributed by atoms with Gasteiger partial charge < -0.3 is 15.4 Å². The third kappa shape index (κ3) is 14.0. The number of imidazole rings is 1. The Hall–Kier alpha value is -2.11. The average Bonchev–Trinajstić information content (AvgIpc) is 3.23. The number of rotatable bonds is 19. The van der Waals surface area contributed by atoms with E-state index in [1.807, 2.05) is 0 Å². The maximum atomic E-state index is 12.0. The molecule has 0 spiro atoms. The molecule has 1 heterocycles. The molecular formula is C24H41N3O3. The number of carboxylic acids is 1. The molecule has 0 aliphatic carbocycles. The van der Waals surface area contributed by atoms with Crippen molar-refractivity contribution in [2.45, 2.75) is 109 Å². The molecule has 6 nitrogen and oxygen atoms in total. The molecular weight excluding hydrogens is 378 g/mol. The minimum atomic E-state index is -1.03. The van der Waals surface area contributed by atoms with Gasteiger partial charge in [-0.05, 0) is 32.1 Å². The van der Waals surface area contributed by atoms with Gasteiger partial charge in [-0.2, -0.15) is 0 Å². The molecule has 1 unspecified atom stereocenters. The standard InChI is InChI=1S/C24H41N3O3/c1-2-3-4-5-6-7-8-9-10-11-12-13-14-15-16-17-23(28)27-22(24(29)30)18-21-19-25-20-26-21/h9-10,19-20,22H,2-8,11-18H2,1H3,(H,25,26)(H,27,28)(H,29,30)/b10-9-. The molecule has 1 atom stereocenters. The fraction of sp³-hybridized carbons (Fsp3) is 0.708. The molecule has 3 N–H and O–H groups in total. The van der Waals surface area contributed by atoms with Crippen LogP contribution in [-0.4, -0.2) is 33.0 Å². The molecule has 1 amide bonds. The number of carbonyl (C=O) groups is 2. The molecule has 1 aromatic heterocycles. The monoisotopic (exact) mass is 419 g/mol. The van der Waals surface area contributed by atoms with Gasteiger partial charge >= 0.3 is 5.97 Å². The molecule has 0 saturated carbocycles. The van der Waals surface area contributed by atoms with Crippen LogP contribution < -0.4 is 5.32 Å². The summed E-state index contributed by atoms with van der Waals surface area (Å²) in [6, 6.07) is -0.927. The van der Waals surface area contributed by atoms with Gasteiger partial charge in [0.25, 0.3) is 0 Å². The molecule has 30 heavy (non-hydrogen) atoms. The lowest BCUT2D eigenvalue weighted by atomic mass is 10.1. The van der Waals surface area contributed by atoms with Gasteiger partial charge in [0.15, 0.2) is 0 Å². The van der Waals surface area contributed by atoms with Crippen molar-refractivity contribution in [3.05, 3.63) is 30.4 Å². The molecule has 1 rings (SSSR count). The fourth-order valence-electron chi connectivity index (χ4n) is 3.43. The zero-order valence-corrected chi connectivity index (χ0v) is 18.7. The summed E-state index contributed by atoms with van der Waals surface area (Å²) in [6.45, 7) is 2.25. The smallest absolute Gasteiger partial charge is 0.326 e. The third-order valence-corrected chi connectivity index (χ3v) is 5.27. The van der Waals surface area contributed by atoms with Gasteiger partial charge in [0.05, 0.1) is 12.0 Å². The third-order valence-electron chi connectivity index (χ3n) is 5.27. The number of aromatic nitrogens is 2. The first kappa shape index (κ1) is 25.9. The summed E-state index contributed by atoms with van der Waals surface area (Å²) in [4.78, 5) is 30.1. The number of aromatic amines is 1. The first-order valence-corrected chi connectivity index (χ1v) is 11.8. The van der Waals surface area contributed by atoms with Crippen LogP contribution in [0.2, 0.25) is 0 Å². The van der Waals surface area contributed by atoms with E-state index < -0.39 is 12.0 Å². The summed E-state index contributed by atoms with van der Waals surface area (Å²) in [7, 11) is 0. The van der Waals surface area contributed by atoms with E-state index in [-0.39, 0.29) is 12.3 Å². The van der Waals surface area contributed by atoms with Crippen molar-refractivity contribution >= 4 is 11.9 Å². The van der Waals surface area contributed by atoms with Crippen molar-refractivity contribution in [3.8, 4) is 0 Å². The molecule has 1 aromatic rings. The van der Waals surface area contributed by atoms with Crippen molar-refractivity contribution < 1.29 is 14.7 Å². The van der Waals surface area contributed by atoms with Gasteiger partial charge in [0, 0.05) is 19.0 Å². The first-order valence-electron chi connectivity index (χ1n) is 11.8. The summed E-state index contributed by atoms with van der Waals surface area (Å²) in [5.41, 5.74) is 0.628. The van der Waals surface area contributed by atoms with Crippen molar-refractivity contribution in [2.24, 2.45) is 0 Å². The second kappa shape index (κ2) is 17.7. The summed E-state index contributed by atoms with van der Waals surface area (Å²) < 4.78 is 0. The van der Waals surface area contributed by atoms with Crippen LogP contribution in [0.3, 0.4) is 0 Å². The van der Waals surface area contributed by atoms with Crippen molar-refractivity contribution in [1.82, 2.24) is 15.3 Å². The van der Waals surface area contributed by atoms with Crippen LogP contribution in [0.25, 0.3) is 0 Å². The summed E-state index contributed by atoms with van der Waals surface area (Å²) in [6.07, 6.45) is 24.1. The van der Waals surface area contributed by atoms with Gasteiger partial charge in [-0.3, -0.25) is 4.79 Å². The van der Waals surface area contributed by atoms with Gasteiger partial charge in [-0.25, -0.2) is 9.78 Å². The predicted octanol–water partition coefficient (Wildman–Crippen LogP) is 5.56. The molecule has 0 aromatic carbocycles. The van der Waals surface area contributed by atoms with E-state index in [9.17, 15) is 14.7 Å². The highest BCUT2D eigenvalue weighted by molar-refractivity contribution is 5.83. The van der Waals surface area contributed by atoms with E-state index in [1.54, 1.807) is 6.20 Å². The van der Waals surface area contributed by atoms with Crippen LogP contribution in [0, 0.1) is 0 Å². The number of carbonyl (C=O) groups excluding carboxylic acids is 1. The van der Waals surface area contributed by atoms with Gasteiger partial charge in [-0.1, -0.05) is 70.4 Å². The highest BCUT2D eigenvalue weighted by atomic mass is 16.4. The second-order valence-electron chi connectivity index (χ2n) is 8.06. The van der Waals surface area contributed by atoms with E-state index >= 15 is 0 Å². The molecule has 0 radical (unpaired) electrons. The minimum Gasteiger partial charge on any atom is -0.480 e. The highest BCUT2D eigenvalue weighted by Crippen LogP contribution is 2.10. The molecule has 6 heteroatoms. The summed E-state index contributed by atoms with van der Waals surface area (Å²) in [5, 5.41) is 11.9. The highest BCUT2D eigenvalue weighted by Gasteiger charge is 2.20. The Morgan fingerprint density at radius 1 is 1.00 bits per heavy atom. The average molecular weight is 420 g/mol. The van der Waals surface area contributed by atoms with Crippen LogP contribution in [0.1, 0.15) is 103 Å². The van der Waals surface area contributed by atoms with Crippen LogP contribution in [0.15, 0.2) is 24.7 Å². The number of amides is 1. The van der Waals surface area contributed by atoms with E-state index in [1.165, 1.54) is 64.1 Å². The predicted molar refractivity (Wildman–Crippen MR) is 121 cm³/mol. The zero-order chi connectivity index (χ0) is 21.9. The van der Waals surface area contributed by atoms with Crippen LogP contribution in [0.4, 0.5) is 0 Å². The maximum Gasteiger partial charge on any atom is 0.326 e. The number of carboxylic acid groups (broad SMARTS) is 1. The number of nitrogens with one attached hydrogen (secondary N) is 2. The van der Waals surface area contributed by atoms with Crippen molar-refractivity contribution in [1.29, 1.82) is 0 Å². The number of nitrogens with zero attached hydrogens (tertiary/aromatic N) is 1. The Labute approximate surface area is 182 Å². The Morgan fingerprint density at radius 2 is 1.60 bits per heavy atom. The van der Waals surface area contributed by atoms with Crippen molar-refractivity contribution in [2.75, 3.05) is 0 Å². The number of allylic oxidation sites excluding steroid dienone is 2. The van der Waals surface area contributed by atoms with Gasteiger partial charge in [0.1, 0.15) is 6.04 Å². The number of hydrogen-bond acceptors (Lipinski definition) is 3. The van der Waals surface area contributed by atoms with Gasteiger partial charge in [-0.15, -0.1) is 0 Å². The number of hydrogen-bond donors (Lipinski definition) is 3. The summed E-state index contributed by atoms with van der Waals surface area (Å²) in [5.74, 6) is -1.23.